The lowest BCUT2D eigenvalue weighted by Gasteiger charge is -2.14. The normalized spacial score (nSPS) is 12.7. The van der Waals surface area contributed by atoms with Gasteiger partial charge in [0.1, 0.15) is 0 Å². The van der Waals surface area contributed by atoms with Crippen molar-refractivity contribution >= 4 is 38.2 Å². The molecule has 0 bridgehead atoms. The highest BCUT2D eigenvalue weighted by atomic mass is 127. The summed E-state index contributed by atoms with van der Waals surface area (Å²) >= 11 is 2.04. The summed E-state index contributed by atoms with van der Waals surface area (Å²) in [4.78, 5) is 0. The molecule has 0 amide bonds. The highest BCUT2D eigenvalue weighted by molar-refractivity contribution is 14.2. The molecule has 0 N–H and O–H groups in total. The molecule has 0 aliphatic rings. The monoisotopic (exact) mass is 448 g/mol. The molecule has 22 heavy (non-hydrogen) atoms. The van der Waals surface area contributed by atoms with Gasteiger partial charge in [0.2, 0.25) is 0 Å². The van der Waals surface area contributed by atoms with Gasteiger partial charge in [0, 0.05) is 5.56 Å². The van der Waals surface area contributed by atoms with Crippen LogP contribution in [0.1, 0.15) is 11.1 Å². The van der Waals surface area contributed by atoms with Crippen LogP contribution >= 0.6 is 27.6 Å². The molecule has 2 rings (SSSR count). The Hall–Kier alpha value is -0.820. The fourth-order valence-electron chi connectivity index (χ4n) is 1.71. The Morgan fingerprint density at radius 2 is 0.864 bits per heavy atom. The van der Waals surface area contributed by atoms with Gasteiger partial charge in [-0.25, -0.2) is 0 Å². The standard InChI is InChI=1S/C14H8F6IP/c15-13(16,17)9-1-5-11(6-2-9)22(21)12-7-3-10(4-8-12)14(18,19)20/h1-8H. The van der Waals surface area contributed by atoms with Crippen molar-refractivity contribution in [2.75, 3.05) is 0 Å². The first-order chi connectivity index (χ1) is 10.1. The second-order valence-electron chi connectivity index (χ2n) is 4.37. The highest BCUT2D eigenvalue weighted by Crippen LogP contribution is 2.43. The third kappa shape index (κ3) is 4.13. The summed E-state index contributed by atoms with van der Waals surface area (Å²) in [5.74, 6) is 0. The van der Waals surface area contributed by atoms with E-state index in [9.17, 15) is 26.3 Å². The fraction of sp³-hybridized carbons (Fsp3) is 0.143. The SMILES string of the molecule is FC(F)(F)c1ccc(P(I)c2ccc(C(F)(F)F)cc2)cc1. The first-order valence-electron chi connectivity index (χ1n) is 5.89. The summed E-state index contributed by atoms with van der Waals surface area (Å²) in [7, 11) is 0. The van der Waals surface area contributed by atoms with Gasteiger partial charge in [0.05, 0.1) is 11.1 Å². The smallest absolute Gasteiger partial charge is 0.166 e. The summed E-state index contributed by atoms with van der Waals surface area (Å²) in [6, 6.07) is 9.36. The first kappa shape index (κ1) is 17.5. The van der Waals surface area contributed by atoms with Crippen molar-refractivity contribution in [3.63, 3.8) is 0 Å². The number of halogens is 7. The van der Waals surface area contributed by atoms with Crippen molar-refractivity contribution in [3.05, 3.63) is 59.7 Å². The van der Waals surface area contributed by atoms with Crippen LogP contribution in [0.15, 0.2) is 48.5 Å². The van der Waals surface area contributed by atoms with Crippen LogP contribution < -0.4 is 10.6 Å². The molecule has 2 aromatic rings. The second-order valence-corrected chi connectivity index (χ2v) is 8.86. The van der Waals surface area contributed by atoms with Crippen LogP contribution in [-0.2, 0) is 12.4 Å². The number of benzene rings is 2. The van der Waals surface area contributed by atoms with Gasteiger partial charge in [-0.1, -0.05) is 24.3 Å². The van der Waals surface area contributed by atoms with E-state index in [0.29, 0.717) is 10.6 Å². The van der Waals surface area contributed by atoms with E-state index in [1.165, 1.54) is 24.3 Å². The van der Waals surface area contributed by atoms with Gasteiger partial charge >= 0.3 is 12.4 Å². The number of rotatable bonds is 2. The van der Waals surface area contributed by atoms with Gasteiger partial charge in [0.25, 0.3) is 0 Å². The number of hydrogen-bond acceptors (Lipinski definition) is 0. The number of hydrogen-bond donors (Lipinski definition) is 0. The largest absolute Gasteiger partial charge is 0.416 e. The summed E-state index contributed by atoms with van der Waals surface area (Å²) in [5.41, 5.74) is -2.53. The highest BCUT2D eigenvalue weighted by Gasteiger charge is 2.31. The van der Waals surface area contributed by atoms with Gasteiger partial charge < -0.3 is 0 Å². The van der Waals surface area contributed by atoms with Crippen LogP contribution in [0.3, 0.4) is 0 Å². The minimum absolute atomic E-state index is 0.656. The summed E-state index contributed by atoms with van der Waals surface area (Å²) in [5, 5.41) is 1.31. The van der Waals surface area contributed by atoms with E-state index in [2.05, 4.69) is 0 Å². The Labute approximate surface area is 136 Å². The lowest BCUT2D eigenvalue weighted by molar-refractivity contribution is -0.138. The molecule has 2 aromatic carbocycles. The topological polar surface area (TPSA) is 0 Å². The molecular formula is C14H8F6IP. The van der Waals surface area contributed by atoms with Gasteiger partial charge in [-0.05, 0) is 56.9 Å². The minimum Gasteiger partial charge on any atom is -0.166 e. The van der Waals surface area contributed by atoms with Crippen LogP contribution in [0.2, 0.25) is 0 Å². The number of alkyl halides is 6. The van der Waals surface area contributed by atoms with Gasteiger partial charge in [-0.15, -0.1) is 0 Å². The molecule has 0 atom stereocenters. The van der Waals surface area contributed by atoms with Crippen molar-refractivity contribution < 1.29 is 26.3 Å². The molecule has 0 aliphatic heterocycles. The maximum Gasteiger partial charge on any atom is 0.416 e. The zero-order chi connectivity index (χ0) is 16.5. The molecule has 0 aromatic heterocycles. The Bertz CT molecular complexity index is 573. The Morgan fingerprint density at radius 3 is 1.09 bits per heavy atom. The van der Waals surface area contributed by atoms with Crippen LogP contribution in [-0.4, -0.2) is 0 Å². The predicted octanol–water partition coefficient (Wildman–Crippen LogP) is 5.51. The quantitative estimate of drug-likeness (QED) is 0.323. The van der Waals surface area contributed by atoms with E-state index < -0.39 is 29.0 Å². The van der Waals surface area contributed by atoms with Crippen molar-refractivity contribution in [2.45, 2.75) is 12.4 Å². The maximum atomic E-state index is 12.5. The molecule has 0 radical (unpaired) electrons. The average Bonchev–Trinajstić information content (AvgIpc) is 2.45. The van der Waals surface area contributed by atoms with Crippen LogP contribution in [0, 0.1) is 0 Å². The molecule has 0 spiro atoms. The van der Waals surface area contributed by atoms with Gasteiger partial charge in [-0.2, -0.15) is 26.3 Å². The maximum absolute atomic E-state index is 12.5. The first-order valence-corrected chi connectivity index (χ1v) is 10.0. The molecule has 118 valence electrons. The molecule has 0 saturated carbocycles. The Balaban J connectivity index is 2.23. The van der Waals surface area contributed by atoms with E-state index in [1.54, 1.807) is 0 Å². The molecule has 8 heteroatoms. The molecule has 0 saturated heterocycles. The van der Waals surface area contributed by atoms with Crippen molar-refractivity contribution in [1.82, 2.24) is 0 Å². The zero-order valence-corrected chi connectivity index (χ0v) is 13.8. The predicted molar refractivity (Wildman–Crippen MR) is 83.1 cm³/mol. The summed E-state index contributed by atoms with van der Waals surface area (Å²) < 4.78 is 75.0. The molecule has 0 aliphatic carbocycles. The summed E-state index contributed by atoms with van der Waals surface area (Å²) in [6.07, 6.45) is -8.80. The van der Waals surface area contributed by atoms with Crippen LogP contribution in [0.5, 0.6) is 0 Å². The second kappa shape index (κ2) is 6.35. The van der Waals surface area contributed by atoms with E-state index >= 15 is 0 Å². The molecule has 0 unspecified atom stereocenters. The molecule has 0 heterocycles. The molecule has 0 fully saturated rings. The minimum atomic E-state index is -4.40. The van der Waals surface area contributed by atoms with Crippen molar-refractivity contribution in [3.8, 4) is 0 Å². The third-order valence-electron chi connectivity index (χ3n) is 2.84. The van der Waals surface area contributed by atoms with E-state index in [0.717, 1.165) is 24.3 Å². The molecular weight excluding hydrogens is 440 g/mol. The van der Waals surface area contributed by atoms with E-state index in [1.807, 2.05) is 22.0 Å². The third-order valence-corrected chi connectivity index (χ3v) is 7.69. The van der Waals surface area contributed by atoms with Gasteiger partial charge in [0.15, 0.2) is 0 Å². The zero-order valence-electron chi connectivity index (χ0n) is 10.7. The Kier molecular flexibility index (Phi) is 5.06. The van der Waals surface area contributed by atoms with E-state index in [4.69, 9.17) is 0 Å². The van der Waals surface area contributed by atoms with Crippen molar-refractivity contribution in [1.29, 1.82) is 0 Å². The summed E-state index contributed by atoms with van der Waals surface area (Å²) in [6.45, 7) is 0. The van der Waals surface area contributed by atoms with E-state index in [-0.39, 0.29) is 0 Å². The fourth-order valence-corrected chi connectivity index (χ4v) is 4.76. The van der Waals surface area contributed by atoms with Crippen molar-refractivity contribution in [2.24, 2.45) is 0 Å². The lowest BCUT2D eigenvalue weighted by Crippen LogP contribution is -2.12. The molecule has 0 nitrogen and oxygen atoms in total. The Morgan fingerprint density at radius 1 is 0.591 bits per heavy atom. The average molecular weight is 448 g/mol. The van der Waals surface area contributed by atoms with Crippen LogP contribution in [0.25, 0.3) is 0 Å². The van der Waals surface area contributed by atoms with Crippen LogP contribution in [0.4, 0.5) is 26.3 Å². The van der Waals surface area contributed by atoms with Gasteiger partial charge in [-0.3, -0.25) is 0 Å². The lowest BCUT2D eigenvalue weighted by atomic mass is 10.2.